The summed E-state index contributed by atoms with van der Waals surface area (Å²) in [6.45, 7) is 1.97. The van der Waals surface area contributed by atoms with Crippen LogP contribution in [0.2, 0.25) is 0 Å². The Morgan fingerprint density at radius 3 is 2.41 bits per heavy atom. The number of cyclic esters (lactones) is 1. The first kappa shape index (κ1) is 14.3. The Balaban J connectivity index is 2.31. The number of allylic oxidation sites excluding steroid dienone is 1. The van der Waals surface area contributed by atoms with Gasteiger partial charge in [-0.2, -0.15) is 0 Å². The molecule has 0 aromatic rings. The standard InChI is InChI=1S/C15H26O2/c1-14-12-10-8-6-4-2-3-5-7-9-11-13-15(16)17-14/h8,10,14H,2-7,9,11-13H2,1H3. The summed E-state index contributed by atoms with van der Waals surface area (Å²) in [5.41, 5.74) is 0. The lowest BCUT2D eigenvalue weighted by Gasteiger charge is -2.10. The van der Waals surface area contributed by atoms with Gasteiger partial charge in [-0.25, -0.2) is 0 Å². The number of ether oxygens (including phenoxy) is 1. The Bertz CT molecular complexity index is 233. The van der Waals surface area contributed by atoms with Crippen molar-refractivity contribution in [1.82, 2.24) is 0 Å². The Morgan fingerprint density at radius 2 is 1.65 bits per heavy atom. The van der Waals surface area contributed by atoms with Gasteiger partial charge in [0.15, 0.2) is 0 Å². The molecule has 17 heavy (non-hydrogen) atoms. The highest BCUT2D eigenvalue weighted by molar-refractivity contribution is 5.69. The van der Waals surface area contributed by atoms with Crippen LogP contribution in [-0.4, -0.2) is 12.1 Å². The van der Waals surface area contributed by atoms with Crippen molar-refractivity contribution in [2.24, 2.45) is 0 Å². The molecule has 2 nitrogen and oxygen atoms in total. The Morgan fingerprint density at radius 1 is 1.00 bits per heavy atom. The highest BCUT2D eigenvalue weighted by atomic mass is 16.5. The summed E-state index contributed by atoms with van der Waals surface area (Å²) in [4.78, 5) is 11.5. The van der Waals surface area contributed by atoms with Crippen molar-refractivity contribution >= 4 is 5.97 Å². The number of hydrogen-bond donors (Lipinski definition) is 0. The van der Waals surface area contributed by atoms with E-state index in [2.05, 4.69) is 12.2 Å². The van der Waals surface area contributed by atoms with Crippen LogP contribution in [0.3, 0.4) is 0 Å². The zero-order valence-electron chi connectivity index (χ0n) is 11.1. The molecule has 1 unspecified atom stereocenters. The summed E-state index contributed by atoms with van der Waals surface area (Å²) >= 11 is 0. The van der Waals surface area contributed by atoms with Crippen molar-refractivity contribution in [3.63, 3.8) is 0 Å². The molecule has 1 rings (SSSR count). The van der Waals surface area contributed by atoms with Crippen molar-refractivity contribution in [2.75, 3.05) is 0 Å². The van der Waals surface area contributed by atoms with Gasteiger partial charge in [-0.15, -0.1) is 0 Å². The monoisotopic (exact) mass is 238 g/mol. The van der Waals surface area contributed by atoms with Crippen LogP contribution in [0.5, 0.6) is 0 Å². The van der Waals surface area contributed by atoms with E-state index in [1.54, 1.807) is 0 Å². The highest BCUT2D eigenvalue weighted by Crippen LogP contribution is 2.12. The molecule has 0 spiro atoms. The topological polar surface area (TPSA) is 26.3 Å². The number of carbonyl (C=O) groups is 1. The van der Waals surface area contributed by atoms with Gasteiger partial charge in [0, 0.05) is 12.8 Å². The number of carbonyl (C=O) groups excluding carboxylic acids is 1. The van der Waals surface area contributed by atoms with Crippen LogP contribution < -0.4 is 0 Å². The van der Waals surface area contributed by atoms with Gasteiger partial charge in [0.2, 0.25) is 0 Å². The highest BCUT2D eigenvalue weighted by Gasteiger charge is 2.07. The molecule has 98 valence electrons. The second-order valence-corrected chi connectivity index (χ2v) is 5.02. The zero-order chi connectivity index (χ0) is 12.3. The maximum Gasteiger partial charge on any atom is 0.306 e. The number of rotatable bonds is 0. The van der Waals surface area contributed by atoms with Crippen LogP contribution >= 0.6 is 0 Å². The summed E-state index contributed by atoms with van der Waals surface area (Å²) < 4.78 is 5.34. The molecule has 1 atom stereocenters. The van der Waals surface area contributed by atoms with Crippen LogP contribution in [0.15, 0.2) is 12.2 Å². The molecule has 0 N–H and O–H groups in total. The van der Waals surface area contributed by atoms with Crippen molar-refractivity contribution in [3.8, 4) is 0 Å². The van der Waals surface area contributed by atoms with Crippen molar-refractivity contribution < 1.29 is 9.53 Å². The molecule has 1 aliphatic rings. The molecule has 0 radical (unpaired) electrons. The lowest BCUT2D eigenvalue weighted by atomic mass is 10.1. The van der Waals surface area contributed by atoms with E-state index in [0.29, 0.717) is 6.42 Å². The van der Waals surface area contributed by atoms with Gasteiger partial charge in [-0.05, 0) is 26.2 Å². The van der Waals surface area contributed by atoms with Crippen LogP contribution in [0.4, 0.5) is 0 Å². The first-order valence-corrected chi connectivity index (χ1v) is 7.13. The summed E-state index contributed by atoms with van der Waals surface area (Å²) in [6, 6.07) is 0. The minimum atomic E-state index is -0.0271. The second kappa shape index (κ2) is 9.26. The lowest BCUT2D eigenvalue weighted by Crippen LogP contribution is -2.13. The Labute approximate surface area is 105 Å². The molecule has 0 bridgehead atoms. The van der Waals surface area contributed by atoms with Gasteiger partial charge >= 0.3 is 5.97 Å². The lowest BCUT2D eigenvalue weighted by molar-refractivity contribution is -0.148. The van der Waals surface area contributed by atoms with E-state index in [4.69, 9.17) is 4.74 Å². The van der Waals surface area contributed by atoms with Gasteiger partial charge in [0.1, 0.15) is 6.10 Å². The fourth-order valence-corrected chi connectivity index (χ4v) is 2.15. The molecule has 1 heterocycles. The van der Waals surface area contributed by atoms with E-state index in [1.807, 2.05) is 6.92 Å². The van der Waals surface area contributed by atoms with Gasteiger partial charge in [-0.3, -0.25) is 4.79 Å². The number of hydrogen-bond acceptors (Lipinski definition) is 2. The quantitative estimate of drug-likeness (QED) is 0.462. The molecule has 1 aliphatic heterocycles. The molecule has 0 aliphatic carbocycles. The van der Waals surface area contributed by atoms with Crippen LogP contribution in [0, 0.1) is 0 Å². The first-order chi connectivity index (χ1) is 8.29. The Hall–Kier alpha value is -0.790. The Kier molecular flexibility index (Phi) is 7.78. The summed E-state index contributed by atoms with van der Waals surface area (Å²) in [7, 11) is 0. The van der Waals surface area contributed by atoms with Crippen molar-refractivity contribution in [1.29, 1.82) is 0 Å². The molecule has 0 amide bonds. The molecular formula is C15H26O2. The smallest absolute Gasteiger partial charge is 0.306 e. The molecule has 0 saturated heterocycles. The van der Waals surface area contributed by atoms with E-state index in [-0.39, 0.29) is 12.1 Å². The molecule has 0 aromatic carbocycles. The summed E-state index contributed by atoms with van der Waals surface area (Å²) in [6.07, 6.45) is 15.7. The fraction of sp³-hybridized carbons (Fsp3) is 0.800. The predicted octanol–water partition coefficient (Wildman–Crippen LogP) is 4.39. The third-order valence-corrected chi connectivity index (χ3v) is 3.22. The second-order valence-electron chi connectivity index (χ2n) is 5.02. The normalized spacial score (nSPS) is 25.7. The van der Waals surface area contributed by atoms with E-state index < -0.39 is 0 Å². The van der Waals surface area contributed by atoms with E-state index in [0.717, 1.165) is 12.8 Å². The molecule has 0 fully saturated rings. The zero-order valence-corrected chi connectivity index (χ0v) is 11.1. The van der Waals surface area contributed by atoms with Crippen LogP contribution in [0.1, 0.15) is 71.1 Å². The van der Waals surface area contributed by atoms with E-state index in [1.165, 1.54) is 44.9 Å². The van der Waals surface area contributed by atoms with Gasteiger partial charge in [0.05, 0.1) is 0 Å². The first-order valence-electron chi connectivity index (χ1n) is 7.13. The van der Waals surface area contributed by atoms with Crippen molar-refractivity contribution in [3.05, 3.63) is 12.2 Å². The predicted molar refractivity (Wildman–Crippen MR) is 70.9 cm³/mol. The third-order valence-electron chi connectivity index (χ3n) is 3.22. The molecular weight excluding hydrogens is 212 g/mol. The van der Waals surface area contributed by atoms with Crippen LogP contribution in [0.25, 0.3) is 0 Å². The molecule has 0 aromatic heterocycles. The van der Waals surface area contributed by atoms with Gasteiger partial charge in [0.25, 0.3) is 0 Å². The van der Waals surface area contributed by atoms with E-state index in [9.17, 15) is 4.79 Å². The van der Waals surface area contributed by atoms with Gasteiger partial charge in [-0.1, -0.05) is 44.3 Å². The summed E-state index contributed by atoms with van der Waals surface area (Å²) in [5, 5.41) is 0. The summed E-state index contributed by atoms with van der Waals surface area (Å²) in [5.74, 6) is -0.0271. The average molecular weight is 238 g/mol. The van der Waals surface area contributed by atoms with Crippen molar-refractivity contribution in [2.45, 2.75) is 77.2 Å². The maximum absolute atomic E-state index is 11.5. The number of esters is 1. The molecule has 0 saturated carbocycles. The van der Waals surface area contributed by atoms with Crippen LogP contribution in [-0.2, 0) is 9.53 Å². The third kappa shape index (κ3) is 8.00. The maximum atomic E-state index is 11.5. The largest absolute Gasteiger partial charge is 0.462 e. The molecule has 2 heteroatoms. The fourth-order valence-electron chi connectivity index (χ4n) is 2.15. The SMILES string of the molecule is CC1CC=CCCCCCCCCCC(=O)O1. The average Bonchev–Trinajstić information content (AvgIpc) is 2.30. The minimum absolute atomic E-state index is 0.0271. The van der Waals surface area contributed by atoms with Gasteiger partial charge < -0.3 is 4.74 Å². The minimum Gasteiger partial charge on any atom is -0.462 e. The van der Waals surface area contributed by atoms with E-state index >= 15 is 0 Å².